The zero-order valence-electron chi connectivity index (χ0n) is 12.2. The Bertz CT molecular complexity index is 506. The lowest BCUT2D eigenvalue weighted by Crippen LogP contribution is -2.31. The number of benzene rings is 1. The molecule has 1 aromatic carbocycles. The van der Waals surface area contributed by atoms with Crippen molar-refractivity contribution in [1.82, 2.24) is 5.32 Å². The second-order valence-corrected chi connectivity index (χ2v) is 4.65. The Morgan fingerprint density at radius 1 is 1.43 bits per heavy atom. The molecule has 0 radical (unpaired) electrons. The van der Waals surface area contributed by atoms with Gasteiger partial charge in [-0.1, -0.05) is 0 Å². The first kappa shape index (κ1) is 15.4. The van der Waals surface area contributed by atoms with E-state index in [2.05, 4.69) is 5.32 Å². The number of amides is 1. The second-order valence-electron chi connectivity index (χ2n) is 4.65. The van der Waals surface area contributed by atoms with Crippen LogP contribution < -0.4 is 25.3 Å². The highest BCUT2D eigenvalue weighted by molar-refractivity contribution is 5.78. The summed E-state index contributed by atoms with van der Waals surface area (Å²) in [5.41, 5.74) is 6.10. The minimum atomic E-state index is -0.719. The van der Waals surface area contributed by atoms with Crippen molar-refractivity contribution in [1.29, 1.82) is 0 Å². The summed E-state index contributed by atoms with van der Waals surface area (Å²) in [5.74, 6) is 1.29. The lowest BCUT2D eigenvalue weighted by molar-refractivity contribution is -0.124. The Morgan fingerprint density at radius 2 is 2.14 bits per heavy atom. The van der Waals surface area contributed by atoms with Crippen molar-refractivity contribution in [2.75, 3.05) is 27.1 Å². The molecule has 1 aliphatic heterocycles. The van der Waals surface area contributed by atoms with E-state index in [1.807, 2.05) is 6.07 Å². The molecule has 2 rings (SSSR count). The van der Waals surface area contributed by atoms with Crippen LogP contribution in [0.15, 0.2) is 12.1 Å². The van der Waals surface area contributed by atoms with E-state index in [9.17, 15) is 4.79 Å². The zero-order valence-corrected chi connectivity index (χ0v) is 12.2. The van der Waals surface area contributed by atoms with Gasteiger partial charge in [-0.15, -0.1) is 0 Å². The monoisotopic (exact) mass is 296 g/mol. The van der Waals surface area contributed by atoms with Gasteiger partial charge in [-0.3, -0.25) is 4.79 Å². The first-order chi connectivity index (χ1) is 10.1. The molecule has 1 unspecified atom stereocenters. The molecule has 7 nitrogen and oxygen atoms in total. The second kappa shape index (κ2) is 7.14. The fraction of sp³-hybridized carbons (Fsp3) is 0.500. The number of hydrogen-bond acceptors (Lipinski definition) is 6. The Balaban J connectivity index is 2.13. The molecule has 116 valence electrons. The molecule has 0 fully saturated rings. The standard InChI is InChI=1S/C14H20N2O5/c1-9(14(15)17)21-11-6-13-12(19-8-20-13)5-10(11)7-16-3-4-18-2/h5-6,9,16H,3-4,7-8H2,1-2H3,(H2,15,17). The van der Waals surface area contributed by atoms with Crippen LogP contribution in [0.25, 0.3) is 0 Å². The average molecular weight is 296 g/mol. The number of fused-ring (bicyclic) bond motifs is 1. The summed E-state index contributed by atoms with van der Waals surface area (Å²) in [6.07, 6.45) is -0.719. The van der Waals surface area contributed by atoms with Crippen molar-refractivity contribution in [2.45, 2.75) is 19.6 Å². The third-order valence-electron chi connectivity index (χ3n) is 3.06. The van der Waals surface area contributed by atoms with Crippen LogP contribution in [0.2, 0.25) is 0 Å². The molecular formula is C14H20N2O5. The SMILES string of the molecule is COCCNCc1cc2c(cc1OC(C)C(N)=O)OCO2. The number of hydrogen-bond donors (Lipinski definition) is 2. The van der Waals surface area contributed by atoms with Crippen molar-refractivity contribution in [3.8, 4) is 17.2 Å². The van der Waals surface area contributed by atoms with E-state index < -0.39 is 12.0 Å². The highest BCUT2D eigenvalue weighted by Gasteiger charge is 2.20. The van der Waals surface area contributed by atoms with E-state index >= 15 is 0 Å². The highest BCUT2D eigenvalue weighted by Crippen LogP contribution is 2.38. The molecule has 7 heteroatoms. The molecule has 1 heterocycles. The summed E-state index contributed by atoms with van der Waals surface area (Å²) < 4.78 is 21.3. The largest absolute Gasteiger partial charge is 0.480 e. The van der Waals surface area contributed by atoms with Crippen molar-refractivity contribution in [2.24, 2.45) is 5.73 Å². The molecule has 0 spiro atoms. The van der Waals surface area contributed by atoms with Crippen LogP contribution in [0.3, 0.4) is 0 Å². The first-order valence-electron chi connectivity index (χ1n) is 6.70. The lowest BCUT2D eigenvalue weighted by atomic mass is 10.1. The summed E-state index contributed by atoms with van der Waals surface area (Å²) in [6.45, 7) is 3.66. The Kier molecular flexibility index (Phi) is 5.24. The number of nitrogens with two attached hydrogens (primary N) is 1. The van der Waals surface area contributed by atoms with Crippen LogP contribution in [-0.2, 0) is 16.1 Å². The van der Waals surface area contributed by atoms with Crippen molar-refractivity contribution >= 4 is 5.91 Å². The molecular weight excluding hydrogens is 276 g/mol. The molecule has 21 heavy (non-hydrogen) atoms. The Labute approximate surface area is 123 Å². The summed E-state index contributed by atoms with van der Waals surface area (Å²) >= 11 is 0. The molecule has 1 aliphatic rings. The van der Waals surface area contributed by atoms with Gasteiger partial charge in [-0.2, -0.15) is 0 Å². The van der Waals surface area contributed by atoms with Gasteiger partial charge in [0.05, 0.1) is 6.61 Å². The van der Waals surface area contributed by atoms with Gasteiger partial charge in [0.25, 0.3) is 5.91 Å². The van der Waals surface area contributed by atoms with Crippen LogP contribution in [0, 0.1) is 0 Å². The summed E-state index contributed by atoms with van der Waals surface area (Å²) in [4.78, 5) is 11.2. The fourth-order valence-electron chi connectivity index (χ4n) is 1.86. The molecule has 0 saturated carbocycles. The smallest absolute Gasteiger partial charge is 0.258 e. The molecule has 3 N–H and O–H groups in total. The molecule has 0 saturated heterocycles. The van der Waals surface area contributed by atoms with Gasteiger partial charge in [0, 0.05) is 31.8 Å². The van der Waals surface area contributed by atoms with Crippen LogP contribution in [0.5, 0.6) is 17.2 Å². The summed E-state index contributed by atoms with van der Waals surface area (Å²) in [5, 5.41) is 3.22. The predicted octanol–water partition coefficient (Wildman–Crippen LogP) is 0.404. The van der Waals surface area contributed by atoms with Crippen LogP contribution in [-0.4, -0.2) is 39.1 Å². The maximum atomic E-state index is 11.2. The maximum Gasteiger partial charge on any atom is 0.258 e. The number of nitrogens with one attached hydrogen (secondary N) is 1. The minimum Gasteiger partial charge on any atom is -0.480 e. The summed E-state index contributed by atoms with van der Waals surface area (Å²) in [6, 6.07) is 3.56. The number of methoxy groups -OCH3 is 1. The maximum absolute atomic E-state index is 11.2. The van der Waals surface area contributed by atoms with Crippen molar-refractivity contribution in [3.05, 3.63) is 17.7 Å². The van der Waals surface area contributed by atoms with E-state index in [0.29, 0.717) is 36.9 Å². The topological polar surface area (TPSA) is 92.0 Å². The van der Waals surface area contributed by atoms with Crippen molar-refractivity contribution in [3.63, 3.8) is 0 Å². The Morgan fingerprint density at radius 3 is 2.81 bits per heavy atom. The highest BCUT2D eigenvalue weighted by atomic mass is 16.7. The number of ether oxygens (including phenoxy) is 4. The molecule has 1 atom stereocenters. The van der Waals surface area contributed by atoms with Crippen LogP contribution in [0.1, 0.15) is 12.5 Å². The van der Waals surface area contributed by atoms with Gasteiger partial charge in [-0.05, 0) is 13.0 Å². The third kappa shape index (κ3) is 3.99. The molecule has 0 bridgehead atoms. The van der Waals surface area contributed by atoms with E-state index in [1.54, 1.807) is 20.1 Å². The van der Waals surface area contributed by atoms with E-state index in [-0.39, 0.29) is 6.79 Å². The molecule has 1 amide bonds. The minimum absolute atomic E-state index is 0.181. The van der Waals surface area contributed by atoms with Crippen LogP contribution in [0.4, 0.5) is 0 Å². The van der Waals surface area contributed by atoms with E-state index in [4.69, 9.17) is 24.7 Å². The molecule has 0 aromatic heterocycles. The third-order valence-corrected chi connectivity index (χ3v) is 3.06. The number of carbonyl (C=O) groups is 1. The zero-order chi connectivity index (χ0) is 15.2. The first-order valence-corrected chi connectivity index (χ1v) is 6.70. The van der Waals surface area contributed by atoms with Crippen molar-refractivity contribution < 1.29 is 23.7 Å². The lowest BCUT2D eigenvalue weighted by Gasteiger charge is -2.16. The molecule has 0 aliphatic carbocycles. The van der Waals surface area contributed by atoms with Gasteiger partial charge in [0.2, 0.25) is 6.79 Å². The summed E-state index contributed by atoms with van der Waals surface area (Å²) in [7, 11) is 1.64. The Hall–Kier alpha value is -1.99. The number of primary amides is 1. The predicted molar refractivity (Wildman–Crippen MR) is 75.4 cm³/mol. The van der Waals surface area contributed by atoms with Gasteiger partial charge in [0.15, 0.2) is 17.6 Å². The van der Waals surface area contributed by atoms with Gasteiger partial charge < -0.3 is 30.0 Å². The van der Waals surface area contributed by atoms with Gasteiger partial charge in [-0.25, -0.2) is 0 Å². The van der Waals surface area contributed by atoms with Crippen LogP contribution >= 0.6 is 0 Å². The van der Waals surface area contributed by atoms with E-state index in [1.165, 1.54) is 0 Å². The number of carbonyl (C=O) groups excluding carboxylic acids is 1. The normalized spacial score (nSPS) is 14.0. The van der Waals surface area contributed by atoms with Gasteiger partial charge in [0.1, 0.15) is 5.75 Å². The fourth-order valence-corrected chi connectivity index (χ4v) is 1.86. The van der Waals surface area contributed by atoms with E-state index in [0.717, 1.165) is 5.56 Å². The van der Waals surface area contributed by atoms with Gasteiger partial charge >= 0.3 is 0 Å². The number of rotatable bonds is 8. The average Bonchev–Trinajstić information content (AvgIpc) is 2.90. The quantitative estimate of drug-likeness (QED) is 0.675. The molecule has 1 aromatic rings.